The average molecular weight is 564 g/mol. The summed E-state index contributed by atoms with van der Waals surface area (Å²) in [4.78, 5) is 18.1. The van der Waals surface area contributed by atoms with Crippen LogP contribution in [0.4, 0.5) is 0 Å². The van der Waals surface area contributed by atoms with Crippen molar-refractivity contribution in [2.24, 2.45) is 5.10 Å². The first kappa shape index (κ1) is 26.4. The fraction of sp³-hybridized carbons (Fsp3) is 0.276. The van der Waals surface area contributed by atoms with Crippen LogP contribution in [-0.2, 0) is 13.0 Å². The van der Waals surface area contributed by atoms with Gasteiger partial charge in [-0.2, -0.15) is 9.78 Å². The zero-order valence-corrected chi connectivity index (χ0v) is 23.0. The van der Waals surface area contributed by atoms with Gasteiger partial charge in [0, 0.05) is 16.5 Å². The third-order valence-electron chi connectivity index (χ3n) is 5.90. The Kier molecular flexibility index (Phi) is 8.61. The third-order valence-corrected chi connectivity index (χ3v) is 6.39. The molecule has 3 aromatic carbocycles. The second-order valence-electron chi connectivity index (χ2n) is 8.69. The molecule has 0 aliphatic heterocycles. The van der Waals surface area contributed by atoms with Gasteiger partial charge in [-0.1, -0.05) is 59.1 Å². The van der Waals surface area contributed by atoms with Crippen molar-refractivity contribution in [3.05, 3.63) is 91.9 Å². The molecule has 7 nitrogen and oxygen atoms in total. The molecular weight excluding hydrogens is 534 g/mol. The molecule has 1 aromatic heterocycles. The van der Waals surface area contributed by atoms with E-state index in [0.717, 1.165) is 28.4 Å². The minimum absolute atomic E-state index is 0.217. The number of hydrogen-bond acceptors (Lipinski definition) is 6. The Morgan fingerprint density at radius 3 is 2.49 bits per heavy atom. The Morgan fingerprint density at radius 1 is 1.05 bits per heavy atom. The van der Waals surface area contributed by atoms with Crippen molar-refractivity contribution in [1.82, 2.24) is 9.66 Å². The smallest absolute Gasteiger partial charge is 0.282 e. The van der Waals surface area contributed by atoms with Crippen LogP contribution in [0.1, 0.15) is 42.3 Å². The number of hydrogen-bond donors (Lipinski definition) is 0. The van der Waals surface area contributed by atoms with Crippen molar-refractivity contribution in [2.45, 2.75) is 39.7 Å². The van der Waals surface area contributed by atoms with Gasteiger partial charge in [0.25, 0.3) is 5.56 Å². The monoisotopic (exact) mass is 563 g/mol. The zero-order valence-electron chi connectivity index (χ0n) is 21.5. The number of benzene rings is 3. The van der Waals surface area contributed by atoms with Crippen molar-refractivity contribution in [2.75, 3.05) is 14.2 Å². The Bertz CT molecular complexity index is 1470. The largest absolute Gasteiger partial charge is 0.493 e. The van der Waals surface area contributed by atoms with Gasteiger partial charge in [-0.3, -0.25) is 4.79 Å². The second-order valence-corrected chi connectivity index (χ2v) is 9.60. The first-order valence-electron chi connectivity index (χ1n) is 12.1. The quantitative estimate of drug-likeness (QED) is 0.212. The summed E-state index contributed by atoms with van der Waals surface area (Å²) in [5, 5.41) is 5.04. The van der Waals surface area contributed by atoms with Crippen LogP contribution in [0.5, 0.6) is 17.2 Å². The summed E-state index contributed by atoms with van der Waals surface area (Å²) in [5.41, 5.74) is 3.34. The molecule has 37 heavy (non-hydrogen) atoms. The van der Waals surface area contributed by atoms with Gasteiger partial charge >= 0.3 is 0 Å². The number of halogens is 1. The predicted octanol–water partition coefficient (Wildman–Crippen LogP) is 6.29. The van der Waals surface area contributed by atoms with Crippen LogP contribution in [0.3, 0.4) is 0 Å². The van der Waals surface area contributed by atoms with Crippen LogP contribution in [0.2, 0.25) is 0 Å². The van der Waals surface area contributed by atoms with Gasteiger partial charge in [0.15, 0.2) is 11.5 Å². The maximum atomic E-state index is 13.3. The molecule has 0 atom stereocenters. The summed E-state index contributed by atoms with van der Waals surface area (Å²) in [5.74, 6) is 2.14. The van der Waals surface area contributed by atoms with E-state index in [1.165, 1.54) is 4.68 Å². The van der Waals surface area contributed by atoms with E-state index in [1.807, 2.05) is 37.3 Å². The molecule has 192 valence electrons. The minimum Gasteiger partial charge on any atom is -0.493 e. The number of aryl methyl sites for hydroxylation is 2. The van der Waals surface area contributed by atoms with Gasteiger partial charge in [-0.05, 0) is 49.2 Å². The summed E-state index contributed by atoms with van der Waals surface area (Å²) in [6.07, 6.45) is 4.14. The lowest BCUT2D eigenvalue weighted by molar-refractivity contribution is 0.266. The molecule has 0 aliphatic rings. The van der Waals surface area contributed by atoms with E-state index in [1.54, 1.807) is 38.6 Å². The fourth-order valence-corrected chi connectivity index (χ4v) is 4.37. The first-order chi connectivity index (χ1) is 17.9. The van der Waals surface area contributed by atoms with E-state index < -0.39 is 0 Å². The van der Waals surface area contributed by atoms with Gasteiger partial charge < -0.3 is 14.2 Å². The standard InChI is InChI=1S/C29H30BrN3O4/c1-5-6-10-27-32-24-12-11-22(30)16-23(24)29(34)33(27)31-17-21-14-25(35-3)28(26(15-21)36-4)37-18-20-9-7-8-19(2)13-20/h7-9,11-17H,5-6,10,18H2,1-4H3. The predicted molar refractivity (Wildman–Crippen MR) is 150 cm³/mol. The normalized spacial score (nSPS) is 11.3. The lowest BCUT2D eigenvalue weighted by atomic mass is 10.1. The molecule has 0 aliphatic carbocycles. The third kappa shape index (κ3) is 6.20. The first-order valence-corrected chi connectivity index (χ1v) is 12.9. The van der Waals surface area contributed by atoms with E-state index in [2.05, 4.69) is 34.0 Å². The van der Waals surface area contributed by atoms with E-state index in [0.29, 0.717) is 52.6 Å². The molecule has 0 fully saturated rings. The number of ether oxygens (including phenoxy) is 3. The van der Waals surface area contributed by atoms with Crippen LogP contribution < -0.4 is 19.8 Å². The SMILES string of the molecule is CCCCc1nc2ccc(Br)cc2c(=O)n1N=Cc1cc(OC)c(OCc2cccc(C)c2)c(OC)c1. The van der Waals surface area contributed by atoms with Gasteiger partial charge in [0.2, 0.25) is 5.75 Å². The minimum atomic E-state index is -0.217. The lowest BCUT2D eigenvalue weighted by Crippen LogP contribution is -2.22. The highest BCUT2D eigenvalue weighted by Crippen LogP contribution is 2.38. The molecule has 0 radical (unpaired) electrons. The van der Waals surface area contributed by atoms with Crippen molar-refractivity contribution in [3.63, 3.8) is 0 Å². The number of unbranched alkanes of at least 4 members (excludes halogenated alkanes) is 1. The Hall–Kier alpha value is -3.65. The number of methoxy groups -OCH3 is 2. The number of aromatic nitrogens is 2. The number of rotatable bonds is 10. The summed E-state index contributed by atoms with van der Waals surface area (Å²) in [6.45, 7) is 4.52. The van der Waals surface area contributed by atoms with E-state index in [-0.39, 0.29) is 5.56 Å². The molecule has 0 saturated heterocycles. The summed E-state index contributed by atoms with van der Waals surface area (Å²) >= 11 is 3.44. The zero-order chi connectivity index (χ0) is 26.4. The topological polar surface area (TPSA) is 74.9 Å². The molecule has 0 spiro atoms. The van der Waals surface area contributed by atoms with Crippen LogP contribution in [0.25, 0.3) is 10.9 Å². The molecule has 0 bridgehead atoms. The highest BCUT2D eigenvalue weighted by atomic mass is 79.9. The van der Waals surface area contributed by atoms with Crippen LogP contribution >= 0.6 is 15.9 Å². The molecule has 0 N–H and O–H groups in total. The van der Waals surface area contributed by atoms with Gasteiger partial charge in [0.05, 0.1) is 31.3 Å². The molecule has 8 heteroatoms. The van der Waals surface area contributed by atoms with Crippen molar-refractivity contribution >= 4 is 33.0 Å². The molecule has 1 heterocycles. The Morgan fingerprint density at radius 2 is 1.81 bits per heavy atom. The molecule has 4 rings (SSSR count). The highest BCUT2D eigenvalue weighted by molar-refractivity contribution is 9.10. The summed E-state index contributed by atoms with van der Waals surface area (Å²) in [6, 6.07) is 17.2. The summed E-state index contributed by atoms with van der Waals surface area (Å²) < 4.78 is 19.5. The fourth-order valence-electron chi connectivity index (χ4n) is 4.01. The number of nitrogens with zero attached hydrogens (tertiary/aromatic N) is 3. The Labute approximate surface area is 224 Å². The lowest BCUT2D eigenvalue weighted by Gasteiger charge is -2.15. The van der Waals surface area contributed by atoms with Gasteiger partial charge in [-0.15, -0.1) is 0 Å². The van der Waals surface area contributed by atoms with E-state index in [9.17, 15) is 4.79 Å². The van der Waals surface area contributed by atoms with E-state index in [4.69, 9.17) is 19.2 Å². The van der Waals surface area contributed by atoms with E-state index >= 15 is 0 Å². The molecule has 0 saturated carbocycles. The number of fused-ring (bicyclic) bond motifs is 1. The molecule has 0 amide bonds. The van der Waals surface area contributed by atoms with Crippen LogP contribution in [0, 0.1) is 6.92 Å². The van der Waals surface area contributed by atoms with Gasteiger partial charge in [-0.25, -0.2) is 4.98 Å². The highest BCUT2D eigenvalue weighted by Gasteiger charge is 2.15. The van der Waals surface area contributed by atoms with Crippen molar-refractivity contribution < 1.29 is 14.2 Å². The average Bonchev–Trinajstić information content (AvgIpc) is 2.90. The van der Waals surface area contributed by atoms with Crippen LogP contribution in [-0.4, -0.2) is 30.1 Å². The van der Waals surface area contributed by atoms with Gasteiger partial charge in [0.1, 0.15) is 12.4 Å². The Balaban J connectivity index is 1.70. The maximum absolute atomic E-state index is 13.3. The van der Waals surface area contributed by atoms with Crippen molar-refractivity contribution in [3.8, 4) is 17.2 Å². The van der Waals surface area contributed by atoms with Crippen LogP contribution in [0.15, 0.2) is 69.0 Å². The molecule has 0 unspecified atom stereocenters. The van der Waals surface area contributed by atoms with Crippen molar-refractivity contribution in [1.29, 1.82) is 0 Å². The summed E-state index contributed by atoms with van der Waals surface area (Å²) in [7, 11) is 3.15. The molecular formula is C29H30BrN3O4. The maximum Gasteiger partial charge on any atom is 0.282 e. The molecule has 4 aromatic rings. The second kappa shape index (κ2) is 12.1.